The zero-order valence-electron chi connectivity index (χ0n) is 14.8. The van der Waals surface area contributed by atoms with Gasteiger partial charge in [0.05, 0.1) is 10.9 Å². The van der Waals surface area contributed by atoms with E-state index in [-0.39, 0.29) is 16.9 Å². The summed E-state index contributed by atoms with van der Waals surface area (Å²) in [6.45, 7) is 5.02. The van der Waals surface area contributed by atoms with Gasteiger partial charge in [-0.3, -0.25) is 19.1 Å². The highest BCUT2D eigenvalue weighted by Crippen LogP contribution is 2.29. The Morgan fingerprint density at radius 1 is 1.23 bits per heavy atom. The van der Waals surface area contributed by atoms with Crippen molar-refractivity contribution >= 4 is 22.5 Å². The van der Waals surface area contributed by atoms with Crippen LogP contribution in [0.25, 0.3) is 10.9 Å². The van der Waals surface area contributed by atoms with Gasteiger partial charge >= 0.3 is 0 Å². The molecular formula is C20H20N4O2. The Hall–Kier alpha value is -3.02. The molecule has 0 saturated carbocycles. The predicted molar refractivity (Wildman–Crippen MR) is 100 cm³/mol. The van der Waals surface area contributed by atoms with Gasteiger partial charge in [0.2, 0.25) is 0 Å². The molecule has 4 rings (SSSR count). The molecule has 0 radical (unpaired) electrons. The van der Waals surface area contributed by atoms with Crippen molar-refractivity contribution in [3.8, 4) is 0 Å². The van der Waals surface area contributed by atoms with Crippen molar-refractivity contribution < 1.29 is 4.79 Å². The van der Waals surface area contributed by atoms with E-state index in [0.29, 0.717) is 28.8 Å². The van der Waals surface area contributed by atoms with Gasteiger partial charge in [0.1, 0.15) is 11.5 Å². The molecule has 0 saturated heterocycles. The number of carbonyl (C=O) groups excluding carboxylic acids is 1. The van der Waals surface area contributed by atoms with Crippen LogP contribution >= 0.6 is 0 Å². The number of carbonyl (C=O) groups is 1. The van der Waals surface area contributed by atoms with Crippen LogP contribution < -0.4 is 10.9 Å². The topological polar surface area (TPSA) is 76.9 Å². The standard InChI is InChI=1S/C20H20N4O2/c1-20(2)9-8-17-23-16-11-13(6-7-14(16)19(26)24(17)12-20)22-18(25)15-5-3-4-10-21-15/h3-7,10-11H,8-9,12H2,1-2H3,(H,22,25). The van der Waals surface area contributed by atoms with E-state index in [1.54, 1.807) is 47.2 Å². The molecule has 0 fully saturated rings. The zero-order valence-corrected chi connectivity index (χ0v) is 14.8. The van der Waals surface area contributed by atoms with Gasteiger partial charge in [-0.05, 0) is 42.2 Å². The van der Waals surface area contributed by atoms with E-state index >= 15 is 0 Å². The summed E-state index contributed by atoms with van der Waals surface area (Å²) in [5.41, 5.74) is 1.64. The van der Waals surface area contributed by atoms with Crippen molar-refractivity contribution in [1.82, 2.24) is 14.5 Å². The lowest BCUT2D eigenvalue weighted by molar-refractivity contribution is 0.102. The second-order valence-electron chi connectivity index (χ2n) is 7.48. The second-order valence-corrected chi connectivity index (χ2v) is 7.48. The van der Waals surface area contributed by atoms with E-state index in [9.17, 15) is 9.59 Å². The summed E-state index contributed by atoms with van der Waals surface area (Å²) in [6.07, 6.45) is 3.36. The smallest absolute Gasteiger partial charge is 0.274 e. The van der Waals surface area contributed by atoms with E-state index in [0.717, 1.165) is 18.7 Å². The van der Waals surface area contributed by atoms with E-state index in [1.165, 1.54) is 0 Å². The number of anilines is 1. The molecule has 0 spiro atoms. The van der Waals surface area contributed by atoms with Crippen LogP contribution in [0.3, 0.4) is 0 Å². The lowest BCUT2D eigenvalue weighted by atomic mass is 9.85. The van der Waals surface area contributed by atoms with E-state index in [4.69, 9.17) is 0 Å². The van der Waals surface area contributed by atoms with Crippen molar-refractivity contribution in [3.05, 3.63) is 64.5 Å². The molecule has 2 aromatic heterocycles. The normalized spacial score (nSPS) is 15.5. The first kappa shape index (κ1) is 16.4. The average Bonchev–Trinajstić information content (AvgIpc) is 2.63. The Morgan fingerprint density at radius 3 is 2.85 bits per heavy atom. The van der Waals surface area contributed by atoms with Crippen molar-refractivity contribution in [2.24, 2.45) is 5.41 Å². The van der Waals surface area contributed by atoms with E-state index < -0.39 is 0 Å². The molecule has 132 valence electrons. The van der Waals surface area contributed by atoms with Gasteiger partial charge in [-0.1, -0.05) is 19.9 Å². The summed E-state index contributed by atoms with van der Waals surface area (Å²) in [7, 11) is 0. The summed E-state index contributed by atoms with van der Waals surface area (Å²) in [5, 5.41) is 3.38. The highest BCUT2D eigenvalue weighted by Gasteiger charge is 2.27. The number of fused-ring (bicyclic) bond motifs is 2. The van der Waals surface area contributed by atoms with Crippen LogP contribution in [0.1, 0.15) is 36.6 Å². The summed E-state index contributed by atoms with van der Waals surface area (Å²) >= 11 is 0. The lowest BCUT2D eigenvalue weighted by Crippen LogP contribution is -2.36. The second kappa shape index (κ2) is 6.05. The van der Waals surface area contributed by atoms with Gasteiger partial charge in [0.15, 0.2) is 0 Å². The molecule has 0 atom stereocenters. The predicted octanol–water partition coefficient (Wildman–Crippen LogP) is 3.02. The van der Waals surface area contributed by atoms with E-state index in [1.807, 2.05) is 0 Å². The van der Waals surface area contributed by atoms with Crippen LogP contribution in [0.4, 0.5) is 5.69 Å². The number of hydrogen-bond acceptors (Lipinski definition) is 4. The maximum atomic E-state index is 12.8. The molecule has 0 aliphatic carbocycles. The maximum Gasteiger partial charge on any atom is 0.274 e. The minimum absolute atomic E-state index is 0.0135. The van der Waals surface area contributed by atoms with Crippen LogP contribution in [0.2, 0.25) is 0 Å². The highest BCUT2D eigenvalue weighted by molar-refractivity contribution is 6.03. The molecule has 1 amide bonds. The summed E-state index contributed by atoms with van der Waals surface area (Å²) < 4.78 is 1.79. The number of aryl methyl sites for hydroxylation is 1. The quantitative estimate of drug-likeness (QED) is 0.772. The fourth-order valence-corrected chi connectivity index (χ4v) is 3.35. The van der Waals surface area contributed by atoms with Gasteiger partial charge in [-0.25, -0.2) is 4.98 Å². The van der Waals surface area contributed by atoms with Gasteiger partial charge in [-0.2, -0.15) is 0 Å². The molecular weight excluding hydrogens is 328 g/mol. The third kappa shape index (κ3) is 2.98. The zero-order chi connectivity index (χ0) is 18.3. The number of amides is 1. The number of benzene rings is 1. The minimum atomic E-state index is -0.290. The first-order valence-corrected chi connectivity index (χ1v) is 8.69. The average molecular weight is 348 g/mol. The Labute approximate surface area is 150 Å². The molecule has 6 heteroatoms. The van der Waals surface area contributed by atoms with Crippen molar-refractivity contribution in [2.75, 3.05) is 5.32 Å². The monoisotopic (exact) mass is 348 g/mol. The van der Waals surface area contributed by atoms with Gasteiger partial charge in [0, 0.05) is 24.8 Å². The van der Waals surface area contributed by atoms with Crippen molar-refractivity contribution in [1.29, 1.82) is 0 Å². The van der Waals surface area contributed by atoms with Crippen LogP contribution in [-0.2, 0) is 13.0 Å². The highest BCUT2D eigenvalue weighted by atomic mass is 16.2. The molecule has 1 aliphatic rings. The number of nitrogens with zero attached hydrogens (tertiary/aromatic N) is 3. The van der Waals surface area contributed by atoms with Crippen molar-refractivity contribution in [2.45, 2.75) is 33.2 Å². The summed E-state index contributed by atoms with van der Waals surface area (Å²) in [4.78, 5) is 33.8. The molecule has 1 N–H and O–H groups in total. The first-order chi connectivity index (χ1) is 12.4. The third-order valence-corrected chi connectivity index (χ3v) is 4.80. The molecule has 6 nitrogen and oxygen atoms in total. The largest absolute Gasteiger partial charge is 0.321 e. The van der Waals surface area contributed by atoms with Gasteiger partial charge < -0.3 is 5.32 Å². The molecule has 1 aromatic carbocycles. The maximum absolute atomic E-state index is 12.8. The lowest BCUT2D eigenvalue weighted by Gasteiger charge is -2.31. The molecule has 0 bridgehead atoms. The first-order valence-electron chi connectivity index (χ1n) is 8.69. The number of hydrogen-bond donors (Lipinski definition) is 1. The third-order valence-electron chi connectivity index (χ3n) is 4.80. The number of aromatic nitrogens is 3. The fraction of sp³-hybridized carbons (Fsp3) is 0.300. The Bertz CT molecular complexity index is 1050. The van der Waals surface area contributed by atoms with Crippen molar-refractivity contribution in [3.63, 3.8) is 0 Å². The SMILES string of the molecule is CC1(C)CCc2nc3cc(NC(=O)c4ccccn4)ccc3c(=O)n2C1. The van der Waals surface area contributed by atoms with Gasteiger partial charge in [0.25, 0.3) is 11.5 Å². The molecule has 26 heavy (non-hydrogen) atoms. The summed E-state index contributed by atoms with van der Waals surface area (Å²) in [5.74, 6) is 0.524. The van der Waals surface area contributed by atoms with Crippen LogP contribution in [-0.4, -0.2) is 20.4 Å². The molecule has 3 heterocycles. The van der Waals surface area contributed by atoms with Crippen LogP contribution in [0.15, 0.2) is 47.4 Å². The Kier molecular flexibility index (Phi) is 3.83. The number of pyridine rings is 1. The van der Waals surface area contributed by atoms with Crippen LogP contribution in [0, 0.1) is 5.41 Å². The number of rotatable bonds is 2. The Balaban J connectivity index is 1.70. The van der Waals surface area contributed by atoms with E-state index in [2.05, 4.69) is 29.1 Å². The molecule has 1 aliphatic heterocycles. The van der Waals surface area contributed by atoms with Crippen LogP contribution in [0.5, 0.6) is 0 Å². The molecule has 3 aromatic rings. The summed E-state index contributed by atoms with van der Waals surface area (Å²) in [6, 6.07) is 10.4. The number of nitrogens with one attached hydrogen (secondary N) is 1. The van der Waals surface area contributed by atoms with Gasteiger partial charge in [-0.15, -0.1) is 0 Å². The molecule has 0 unspecified atom stereocenters. The minimum Gasteiger partial charge on any atom is -0.321 e. The Morgan fingerprint density at radius 2 is 2.08 bits per heavy atom. The fourth-order valence-electron chi connectivity index (χ4n) is 3.35.